The van der Waals surface area contributed by atoms with Crippen LogP contribution in [-0.2, 0) is 4.74 Å². The van der Waals surface area contributed by atoms with E-state index in [1.54, 1.807) is 19.9 Å². The second kappa shape index (κ2) is 6.35. The van der Waals surface area contributed by atoms with Crippen LogP contribution in [0.2, 0.25) is 0 Å². The third kappa shape index (κ3) is 2.96. The van der Waals surface area contributed by atoms with Crippen LogP contribution in [-0.4, -0.2) is 17.7 Å². The van der Waals surface area contributed by atoms with Gasteiger partial charge in [0.15, 0.2) is 17.4 Å². The molecule has 0 spiro atoms. The van der Waals surface area contributed by atoms with Crippen molar-refractivity contribution in [3.05, 3.63) is 35.0 Å². The number of fused-ring (bicyclic) bond motifs is 1. The minimum atomic E-state index is -1.15. The van der Waals surface area contributed by atoms with Crippen molar-refractivity contribution in [1.29, 1.82) is 5.26 Å². The van der Waals surface area contributed by atoms with Crippen LogP contribution in [0.3, 0.4) is 0 Å². The van der Waals surface area contributed by atoms with Crippen LogP contribution >= 0.6 is 0 Å². The normalized spacial score (nSPS) is 10.3. The van der Waals surface area contributed by atoms with Gasteiger partial charge in [-0.05, 0) is 26.0 Å². The average molecular weight is 306 g/mol. The molecule has 0 aliphatic carbocycles. The summed E-state index contributed by atoms with van der Waals surface area (Å²) in [6.07, 6.45) is -1.08. The first-order valence-corrected chi connectivity index (χ1v) is 6.42. The maximum Gasteiger partial charge on any atom is 0.513 e. The number of hydrogen-bond donors (Lipinski definition) is 0. The van der Waals surface area contributed by atoms with Gasteiger partial charge in [0.2, 0.25) is 0 Å². The van der Waals surface area contributed by atoms with Crippen molar-refractivity contribution in [2.75, 3.05) is 6.61 Å². The highest BCUT2D eigenvalue weighted by Gasteiger charge is 2.20. The van der Waals surface area contributed by atoms with Crippen molar-refractivity contribution in [2.45, 2.75) is 20.3 Å². The molecule has 2 aromatic rings. The van der Waals surface area contributed by atoms with E-state index in [9.17, 15) is 13.6 Å². The third-order valence-electron chi connectivity index (χ3n) is 3.09. The smallest absolute Gasteiger partial charge is 0.433 e. The maximum absolute atomic E-state index is 14.0. The Hall–Kier alpha value is -2.75. The van der Waals surface area contributed by atoms with Crippen LogP contribution in [0.25, 0.3) is 10.9 Å². The summed E-state index contributed by atoms with van der Waals surface area (Å²) < 4.78 is 37.2. The van der Waals surface area contributed by atoms with Gasteiger partial charge in [-0.25, -0.2) is 13.6 Å². The first kappa shape index (κ1) is 15.6. The van der Waals surface area contributed by atoms with E-state index in [-0.39, 0.29) is 29.7 Å². The fourth-order valence-electron chi connectivity index (χ4n) is 1.89. The van der Waals surface area contributed by atoms with Gasteiger partial charge in [0.25, 0.3) is 0 Å². The molecule has 22 heavy (non-hydrogen) atoms. The predicted octanol–water partition coefficient (Wildman–Crippen LogP) is 3.56. The number of nitrogens with zero attached hydrogens (tertiary/aromatic N) is 2. The molecule has 0 saturated carbocycles. The minimum Gasteiger partial charge on any atom is -0.433 e. The van der Waals surface area contributed by atoms with Crippen molar-refractivity contribution in [1.82, 2.24) is 4.98 Å². The van der Waals surface area contributed by atoms with E-state index in [1.807, 2.05) is 0 Å². The lowest BCUT2D eigenvalue weighted by Gasteiger charge is -2.13. The molecule has 5 nitrogen and oxygen atoms in total. The first-order valence-electron chi connectivity index (χ1n) is 6.42. The number of nitriles is 1. The first-order chi connectivity index (χ1) is 10.5. The molecule has 1 heterocycles. The molecule has 0 bridgehead atoms. The van der Waals surface area contributed by atoms with Crippen molar-refractivity contribution in [2.24, 2.45) is 0 Å². The zero-order valence-electron chi connectivity index (χ0n) is 11.9. The van der Waals surface area contributed by atoms with Gasteiger partial charge in [0.05, 0.1) is 23.4 Å². The number of pyridine rings is 1. The number of carbonyl (C=O) groups excluding carboxylic acids is 1. The van der Waals surface area contributed by atoms with Crippen LogP contribution in [0.5, 0.6) is 5.75 Å². The van der Waals surface area contributed by atoms with Crippen molar-refractivity contribution < 1.29 is 23.0 Å². The van der Waals surface area contributed by atoms with E-state index < -0.39 is 17.8 Å². The molecule has 0 saturated heterocycles. The molecular formula is C15H12F2N2O3. The molecular weight excluding hydrogens is 294 g/mol. The summed E-state index contributed by atoms with van der Waals surface area (Å²) >= 11 is 0. The number of aromatic nitrogens is 1. The molecule has 1 aromatic carbocycles. The van der Waals surface area contributed by atoms with Crippen LogP contribution in [0, 0.1) is 36.8 Å². The van der Waals surface area contributed by atoms with Gasteiger partial charge >= 0.3 is 6.16 Å². The summed E-state index contributed by atoms with van der Waals surface area (Å²) in [7, 11) is 0. The van der Waals surface area contributed by atoms with E-state index in [0.717, 1.165) is 6.07 Å². The minimum absolute atomic E-state index is 0.00714. The van der Waals surface area contributed by atoms with Gasteiger partial charge in [-0.15, -0.1) is 0 Å². The molecule has 0 aliphatic rings. The van der Waals surface area contributed by atoms with E-state index in [1.165, 1.54) is 6.07 Å². The van der Waals surface area contributed by atoms with Gasteiger partial charge in [-0.3, -0.25) is 4.98 Å². The Bertz CT molecular complexity index is 785. The molecule has 2 rings (SSSR count). The van der Waals surface area contributed by atoms with Crippen LogP contribution < -0.4 is 4.74 Å². The number of ether oxygens (including phenoxy) is 2. The highest BCUT2D eigenvalue weighted by Crippen LogP contribution is 2.33. The topological polar surface area (TPSA) is 72.2 Å². The summed E-state index contributed by atoms with van der Waals surface area (Å²) in [4.78, 5) is 15.7. The van der Waals surface area contributed by atoms with E-state index in [0.29, 0.717) is 11.3 Å². The highest BCUT2D eigenvalue weighted by atomic mass is 19.2. The van der Waals surface area contributed by atoms with Gasteiger partial charge < -0.3 is 9.47 Å². The molecule has 0 amide bonds. The quantitative estimate of drug-likeness (QED) is 0.640. The van der Waals surface area contributed by atoms with Crippen molar-refractivity contribution >= 4 is 17.1 Å². The Morgan fingerprint density at radius 3 is 2.77 bits per heavy atom. The Morgan fingerprint density at radius 2 is 2.09 bits per heavy atom. The maximum atomic E-state index is 14.0. The lowest BCUT2D eigenvalue weighted by atomic mass is 10.1. The van der Waals surface area contributed by atoms with Gasteiger partial charge in [0, 0.05) is 11.3 Å². The van der Waals surface area contributed by atoms with Crippen molar-refractivity contribution in [3.8, 4) is 11.8 Å². The third-order valence-corrected chi connectivity index (χ3v) is 3.09. The number of aryl methyl sites for hydroxylation is 1. The second-order valence-electron chi connectivity index (χ2n) is 4.52. The Labute approximate surface area is 125 Å². The van der Waals surface area contributed by atoms with Gasteiger partial charge in [-0.1, -0.05) is 0 Å². The number of halogens is 2. The zero-order chi connectivity index (χ0) is 16.3. The number of hydrogen-bond acceptors (Lipinski definition) is 5. The van der Waals surface area contributed by atoms with E-state index in [2.05, 4.69) is 9.72 Å². The summed E-state index contributed by atoms with van der Waals surface area (Å²) in [5.74, 6) is -2.35. The second-order valence-corrected chi connectivity index (χ2v) is 4.52. The van der Waals surface area contributed by atoms with Crippen LogP contribution in [0.4, 0.5) is 13.6 Å². The fraction of sp³-hybridized carbons (Fsp3) is 0.267. The molecule has 7 heteroatoms. The van der Waals surface area contributed by atoms with Crippen LogP contribution in [0.15, 0.2) is 12.1 Å². The Kier molecular flexibility index (Phi) is 4.51. The molecule has 0 atom stereocenters. The van der Waals surface area contributed by atoms with Gasteiger partial charge in [0.1, 0.15) is 6.61 Å². The van der Waals surface area contributed by atoms with Crippen LogP contribution in [0.1, 0.15) is 17.7 Å². The largest absolute Gasteiger partial charge is 0.513 e. The Morgan fingerprint density at radius 1 is 1.36 bits per heavy atom. The fourth-order valence-corrected chi connectivity index (χ4v) is 1.89. The summed E-state index contributed by atoms with van der Waals surface area (Å²) in [5.41, 5.74) is 1.08. The lowest BCUT2D eigenvalue weighted by Crippen LogP contribution is -2.13. The van der Waals surface area contributed by atoms with Gasteiger partial charge in [-0.2, -0.15) is 5.26 Å². The van der Waals surface area contributed by atoms with Crippen molar-refractivity contribution in [3.63, 3.8) is 0 Å². The standard InChI is InChI=1S/C15H12F2N2O3/c1-8-9(2)19-11-5-4-10(16)13(17)12(11)14(8)22-15(20)21-7-3-6-18/h4-5H,3,7H2,1-2H3. The Balaban J connectivity index is 2.47. The molecule has 0 radical (unpaired) electrons. The molecule has 0 aliphatic heterocycles. The number of rotatable bonds is 3. The molecule has 114 valence electrons. The monoisotopic (exact) mass is 306 g/mol. The lowest BCUT2D eigenvalue weighted by molar-refractivity contribution is 0.101. The predicted molar refractivity (Wildman–Crippen MR) is 73.3 cm³/mol. The number of carbonyl (C=O) groups is 1. The SMILES string of the molecule is Cc1nc2ccc(F)c(F)c2c(OC(=O)OCCC#N)c1C. The van der Waals surface area contributed by atoms with E-state index in [4.69, 9.17) is 10.00 Å². The summed E-state index contributed by atoms with van der Waals surface area (Å²) in [6, 6.07) is 4.05. The van der Waals surface area contributed by atoms with E-state index >= 15 is 0 Å². The summed E-state index contributed by atoms with van der Waals surface area (Å²) in [6.45, 7) is 3.08. The molecule has 0 N–H and O–H groups in total. The average Bonchev–Trinajstić information content (AvgIpc) is 2.48. The zero-order valence-corrected chi connectivity index (χ0v) is 11.9. The highest BCUT2D eigenvalue weighted by molar-refractivity contribution is 5.89. The molecule has 1 aromatic heterocycles. The molecule has 0 fully saturated rings. The number of benzene rings is 1. The molecule has 0 unspecified atom stereocenters. The summed E-state index contributed by atoms with van der Waals surface area (Å²) in [5, 5.41) is 8.15.